The molecule has 0 radical (unpaired) electrons. The largest absolute Gasteiger partial charge is 0.376 e. The molecule has 1 atom stereocenters. The van der Waals surface area contributed by atoms with Crippen molar-refractivity contribution in [2.24, 2.45) is 0 Å². The molecular formula is C12H16N4O2. The number of fused-ring (bicyclic) bond motifs is 1. The van der Waals surface area contributed by atoms with E-state index in [1.807, 2.05) is 25.1 Å². The molecule has 96 valence electrons. The Bertz CT molecular complexity index is 603. The monoisotopic (exact) mass is 248 g/mol. The van der Waals surface area contributed by atoms with Crippen LogP contribution in [0.1, 0.15) is 6.92 Å². The minimum absolute atomic E-state index is 0.0928. The second-order valence-corrected chi connectivity index (χ2v) is 4.61. The fraction of sp³-hybridized carbons (Fsp3) is 0.500. The highest BCUT2D eigenvalue weighted by atomic mass is 16.5. The molecule has 1 unspecified atom stereocenters. The summed E-state index contributed by atoms with van der Waals surface area (Å²) in [5, 5.41) is 4.32. The molecule has 6 heteroatoms. The highest BCUT2D eigenvalue weighted by Crippen LogP contribution is 2.05. The first kappa shape index (κ1) is 11.4. The third kappa shape index (κ3) is 2.04. The SMILES string of the molecule is CC1CN(Cn2nc3ccccn3c2=O)CCO1. The molecule has 0 aromatic carbocycles. The van der Waals surface area contributed by atoms with Crippen molar-refractivity contribution < 1.29 is 4.74 Å². The summed E-state index contributed by atoms with van der Waals surface area (Å²) in [5.41, 5.74) is 0.591. The van der Waals surface area contributed by atoms with Crippen molar-refractivity contribution in [3.63, 3.8) is 0 Å². The third-order valence-corrected chi connectivity index (χ3v) is 3.15. The van der Waals surface area contributed by atoms with E-state index in [4.69, 9.17) is 4.74 Å². The summed E-state index contributed by atoms with van der Waals surface area (Å²) in [7, 11) is 0. The lowest BCUT2D eigenvalue weighted by molar-refractivity contribution is -0.0308. The molecule has 18 heavy (non-hydrogen) atoms. The van der Waals surface area contributed by atoms with E-state index < -0.39 is 0 Å². The molecule has 2 aromatic rings. The molecular weight excluding hydrogens is 232 g/mol. The Labute approximate surface area is 104 Å². The van der Waals surface area contributed by atoms with Gasteiger partial charge in [-0.15, -0.1) is 5.10 Å². The fourth-order valence-corrected chi connectivity index (χ4v) is 2.27. The molecule has 1 aliphatic rings. The Morgan fingerprint density at radius 1 is 1.50 bits per heavy atom. The quantitative estimate of drug-likeness (QED) is 0.760. The van der Waals surface area contributed by atoms with Crippen molar-refractivity contribution in [1.82, 2.24) is 19.1 Å². The number of ether oxygens (including phenoxy) is 1. The van der Waals surface area contributed by atoms with Crippen LogP contribution in [0.25, 0.3) is 5.65 Å². The molecule has 3 heterocycles. The molecule has 2 aromatic heterocycles. The first-order chi connectivity index (χ1) is 8.74. The van der Waals surface area contributed by atoms with E-state index in [1.165, 1.54) is 4.68 Å². The zero-order valence-electron chi connectivity index (χ0n) is 10.3. The summed E-state index contributed by atoms with van der Waals surface area (Å²) in [6, 6.07) is 5.54. The average molecular weight is 248 g/mol. The lowest BCUT2D eigenvalue weighted by Gasteiger charge is -2.30. The van der Waals surface area contributed by atoms with E-state index in [-0.39, 0.29) is 11.8 Å². The number of nitrogens with zero attached hydrogens (tertiary/aromatic N) is 4. The highest BCUT2D eigenvalue weighted by molar-refractivity contribution is 5.35. The molecule has 1 aliphatic heterocycles. The van der Waals surface area contributed by atoms with Gasteiger partial charge in [0, 0.05) is 19.3 Å². The van der Waals surface area contributed by atoms with Crippen LogP contribution < -0.4 is 5.69 Å². The Balaban J connectivity index is 1.86. The number of aromatic nitrogens is 3. The van der Waals surface area contributed by atoms with Gasteiger partial charge in [-0.05, 0) is 19.1 Å². The average Bonchev–Trinajstić information content (AvgIpc) is 2.67. The first-order valence-electron chi connectivity index (χ1n) is 6.12. The van der Waals surface area contributed by atoms with Crippen LogP contribution >= 0.6 is 0 Å². The van der Waals surface area contributed by atoms with Gasteiger partial charge >= 0.3 is 5.69 Å². The maximum atomic E-state index is 12.1. The van der Waals surface area contributed by atoms with Crippen molar-refractivity contribution in [3.05, 3.63) is 34.9 Å². The van der Waals surface area contributed by atoms with E-state index in [1.54, 1.807) is 10.6 Å². The summed E-state index contributed by atoms with van der Waals surface area (Å²) < 4.78 is 8.55. The molecule has 0 saturated carbocycles. The minimum atomic E-state index is -0.0928. The topological polar surface area (TPSA) is 51.8 Å². The molecule has 1 saturated heterocycles. The van der Waals surface area contributed by atoms with Gasteiger partial charge in [-0.25, -0.2) is 4.79 Å². The highest BCUT2D eigenvalue weighted by Gasteiger charge is 2.18. The van der Waals surface area contributed by atoms with Crippen LogP contribution in [0.4, 0.5) is 0 Å². The smallest absolute Gasteiger partial charge is 0.351 e. The van der Waals surface area contributed by atoms with E-state index in [0.717, 1.165) is 13.1 Å². The summed E-state index contributed by atoms with van der Waals surface area (Å²) in [4.78, 5) is 14.3. The summed E-state index contributed by atoms with van der Waals surface area (Å²) in [6.45, 7) is 4.95. The summed E-state index contributed by atoms with van der Waals surface area (Å²) in [5.74, 6) is 0. The van der Waals surface area contributed by atoms with Gasteiger partial charge in [-0.2, -0.15) is 4.68 Å². The molecule has 0 amide bonds. The Morgan fingerprint density at radius 2 is 2.39 bits per heavy atom. The zero-order chi connectivity index (χ0) is 12.5. The molecule has 0 spiro atoms. The summed E-state index contributed by atoms with van der Waals surface area (Å²) >= 11 is 0. The van der Waals surface area contributed by atoms with Crippen LogP contribution in [0.5, 0.6) is 0 Å². The van der Waals surface area contributed by atoms with Crippen molar-refractivity contribution in [2.75, 3.05) is 19.7 Å². The van der Waals surface area contributed by atoms with E-state index in [9.17, 15) is 4.79 Å². The van der Waals surface area contributed by atoms with Crippen molar-refractivity contribution in [3.8, 4) is 0 Å². The van der Waals surface area contributed by atoms with E-state index in [0.29, 0.717) is 18.9 Å². The van der Waals surface area contributed by atoms with Gasteiger partial charge in [0.25, 0.3) is 0 Å². The lowest BCUT2D eigenvalue weighted by Crippen LogP contribution is -2.43. The summed E-state index contributed by atoms with van der Waals surface area (Å²) in [6.07, 6.45) is 1.95. The van der Waals surface area contributed by atoms with Crippen molar-refractivity contribution in [1.29, 1.82) is 0 Å². The van der Waals surface area contributed by atoms with Crippen molar-refractivity contribution >= 4 is 5.65 Å². The Morgan fingerprint density at radius 3 is 3.17 bits per heavy atom. The predicted molar refractivity (Wildman–Crippen MR) is 66.4 cm³/mol. The Hall–Kier alpha value is -1.66. The number of pyridine rings is 1. The second-order valence-electron chi connectivity index (χ2n) is 4.61. The predicted octanol–water partition coefficient (Wildman–Crippen LogP) is 0.174. The van der Waals surface area contributed by atoms with Gasteiger partial charge in [0.2, 0.25) is 0 Å². The van der Waals surface area contributed by atoms with Gasteiger partial charge in [0.05, 0.1) is 19.4 Å². The molecule has 1 fully saturated rings. The standard InChI is InChI=1S/C12H16N4O2/c1-10-8-14(6-7-18-10)9-16-12(17)15-5-3-2-4-11(15)13-16/h2-5,10H,6-9H2,1H3. The van der Waals surface area contributed by atoms with Gasteiger partial charge in [-0.3, -0.25) is 9.30 Å². The normalized spacial score (nSPS) is 21.5. The maximum absolute atomic E-state index is 12.1. The van der Waals surface area contributed by atoms with Crippen LogP contribution in [0.3, 0.4) is 0 Å². The van der Waals surface area contributed by atoms with E-state index >= 15 is 0 Å². The fourth-order valence-electron chi connectivity index (χ4n) is 2.27. The number of rotatable bonds is 2. The molecule has 6 nitrogen and oxygen atoms in total. The molecule has 3 rings (SSSR count). The second kappa shape index (κ2) is 4.55. The van der Waals surface area contributed by atoms with Crippen LogP contribution in [-0.4, -0.2) is 44.9 Å². The van der Waals surface area contributed by atoms with Gasteiger partial charge in [-0.1, -0.05) is 6.07 Å². The van der Waals surface area contributed by atoms with Gasteiger partial charge in [0.15, 0.2) is 5.65 Å². The number of morpholine rings is 1. The Kier molecular flexibility index (Phi) is 2.89. The zero-order valence-corrected chi connectivity index (χ0v) is 10.3. The van der Waals surface area contributed by atoms with Crippen LogP contribution in [-0.2, 0) is 11.4 Å². The van der Waals surface area contributed by atoms with Crippen LogP contribution in [0, 0.1) is 0 Å². The van der Waals surface area contributed by atoms with Gasteiger partial charge < -0.3 is 4.74 Å². The van der Waals surface area contributed by atoms with E-state index in [2.05, 4.69) is 10.00 Å². The lowest BCUT2D eigenvalue weighted by atomic mass is 10.3. The molecule has 0 N–H and O–H groups in total. The van der Waals surface area contributed by atoms with Crippen LogP contribution in [0.2, 0.25) is 0 Å². The third-order valence-electron chi connectivity index (χ3n) is 3.15. The van der Waals surface area contributed by atoms with Crippen molar-refractivity contribution in [2.45, 2.75) is 19.7 Å². The van der Waals surface area contributed by atoms with Crippen LogP contribution in [0.15, 0.2) is 29.2 Å². The molecule has 0 bridgehead atoms. The first-order valence-corrected chi connectivity index (χ1v) is 6.12. The molecule has 0 aliphatic carbocycles. The maximum Gasteiger partial charge on any atom is 0.351 e. The minimum Gasteiger partial charge on any atom is -0.376 e. The van der Waals surface area contributed by atoms with Gasteiger partial charge in [0.1, 0.15) is 0 Å². The number of hydrogen-bond donors (Lipinski definition) is 0. The number of hydrogen-bond acceptors (Lipinski definition) is 4.